The second kappa shape index (κ2) is 1.78. The van der Waals surface area contributed by atoms with Gasteiger partial charge in [0, 0.05) is 18.0 Å². The quantitative estimate of drug-likeness (QED) is 0.494. The molecule has 3 heteroatoms. The molecule has 0 amide bonds. The molecule has 11 heavy (non-hydrogen) atoms. The standard InChI is InChI=1S/C8H11NO2/c10-8-7-4(3-11-8)5-1-2-6(7)9-5/h4-7,9H,1-3H2. The molecule has 3 nitrogen and oxygen atoms in total. The van der Waals surface area contributed by atoms with Gasteiger partial charge in [0.1, 0.15) is 0 Å². The Bertz CT molecular complexity index is 216. The minimum atomic E-state index is 0.0368. The molecule has 1 N–H and O–H groups in total. The number of carbonyl (C=O) groups excluding carboxylic acids is 1. The SMILES string of the molecule is O=C1OCC2C3CCC(N3)C12. The monoisotopic (exact) mass is 153 g/mol. The predicted octanol–water partition coefficient (Wildman–Crippen LogP) is -0.0902. The van der Waals surface area contributed by atoms with Gasteiger partial charge in [-0.2, -0.15) is 0 Å². The maximum Gasteiger partial charge on any atom is 0.311 e. The molecule has 0 spiro atoms. The number of hydrogen-bond acceptors (Lipinski definition) is 3. The summed E-state index contributed by atoms with van der Waals surface area (Å²) in [6, 6.07) is 1.02. The minimum absolute atomic E-state index is 0.0368. The molecule has 0 aliphatic carbocycles. The van der Waals surface area contributed by atoms with Gasteiger partial charge < -0.3 is 10.1 Å². The van der Waals surface area contributed by atoms with Crippen molar-refractivity contribution >= 4 is 5.97 Å². The topological polar surface area (TPSA) is 38.3 Å². The minimum Gasteiger partial charge on any atom is -0.465 e. The lowest BCUT2D eigenvalue weighted by atomic mass is 9.81. The maximum atomic E-state index is 11.2. The molecule has 3 aliphatic rings. The smallest absolute Gasteiger partial charge is 0.311 e. The first-order chi connectivity index (χ1) is 5.36. The average Bonchev–Trinajstić information content (AvgIpc) is 2.60. The lowest BCUT2D eigenvalue weighted by Gasteiger charge is -2.16. The Morgan fingerprint density at radius 3 is 3.00 bits per heavy atom. The third kappa shape index (κ3) is 0.601. The van der Waals surface area contributed by atoms with Crippen LogP contribution in [0.15, 0.2) is 0 Å². The molecule has 0 aromatic rings. The van der Waals surface area contributed by atoms with E-state index in [2.05, 4.69) is 5.32 Å². The molecule has 0 aromatic carbocycles. The van der Waals surface area contributed by atoms with Gasteiger partial charge in [-0.1, -0.05) is 0 Å². The number of esters is 1. The van der Waals surface area contributed by atoms with Gasteiger partial charge >= 0.3 is 5.97 Å². The van der Waals surface area contributed by atoms with Crippen molar-refractivity contribution in [2.45, 2.75) is 24.9 Å². The van der Waals surface area contributed by atoms with Crippen LogP contribution in [0, 0.1) is 11.8 Å². The molecule has 60 valence electrons. The summed E-state index contributed by atoms with van der Waals surface area (Å²) in [4.78, 5) is 11.2. The number of ether oxygens (including phenoxy) is 1. The van der Waals surface area contributed by atoms with Crippen molar-refractivity contribution in [3.05, 3.63) is 0 Å². The summed E-state index contributed by atoms with van der Waals surface area (Å²) in [6.45, 7) is 0.664. The van der Waals surface area contributed by atoms with E-state index in [4.69, 9.17) is 4.74 Å². The summed E-state index contributed by atoms with van der Waals surface area (Å²) in [5, 5.41) is 3.46. The van der Waals surface area contributed by atoms with Crippen LogP contribution in [0.1, 0.15) is 12.8 Å². The van der Waals surface area contributed by atoms with Crippen LogP contribution in [-0.2, 0) is 9.53 Å². The number of rotatable bonds is 0. The van der Waals surface area contributed by atoms with Crippen molar-refractivity contribution in [1.29, 1.82) is 0 Å². The molecular weight excluding hydrogens is 142 g/mol. The highest BCUT2D eigenvalue weighted by Gasteiger charge is 2.54. The molecule has 0 saturated carbocycles. The van der Waals surface area contributed by atoms with E-state index >= 15 is 0 Å². The van der Waals surface area contributed by atoms with Gasteiger partial charge in [-0.3, -0.25) is 4.79 Å². The second-order valence-electron chi connectivity index (χ2n) is 3.78. The lowest BCUT2D eigenvalue weighted by Crippen LogP contribution is -2.28. The summed E-state index contributed by atoms with van der Waals surface area (Å²) in [5.41, 5.74) is 0. The Labute approximate surface area is 65.1 Å². The van der Waals surface area contributed by atoms with Crippen LogP contribution in [-0.4, -0.2) is 24.7 Å². The van der Waals surface area contributed by atoms with E-state index in [0.29, 0.717) is 24.6 Å². The van der Waals surface area contributed by atoms with Crippen LogP contribution in [0.5, 0.6) is 0 Å². The Morgan fingerprint density at radius 1 is 1.36 bits per heavy atom. The lowest BCUT2D eigenvalue weighted by molar-refractivity contribution is -0.141. The molecule has 4 unspecified atom stereocenters. The summed E-state index contributed by atoms with van der Waals surface area (Å²) in [5.74, 6) is 0.740. The Kier molecular flexibility index (Phi) is 0.969. The van der Waals surface area contributed by atoms with Crippen LogP contribution in [0.2, 0.25) is 0 Å². The molecule has 3 rings (SSSR count). The van der Waals surface area contributed by atoms with Crippen molar-refractivity contribution in [1.82, 2.24) is 5.32 Å². The fourth-order valence-electron chi connectivity index (χ4n) is 2.80. The zero-order chi connectivity index (χ0) is 7.42. The predicted molar refractivity (Wildman–Crippen MR) is 37.9 cm³/mol. The van der Waals surface area contributed by atoms with Gasteiger partial charge in [-0.05, 0) is 12.8 Å². The molecule has 2 bridgehead atoms. The number of fused-ring (bicyclic) bond motifs is 5. The van der Waals surface area contributed by atoms with Crippen LogP contribution in [0.25, 0.3) is 0 Å². The first-order valence-corrected chi connectivity index (χ1v) is 4.29. The Balaban J connectivity index is 1.97. The number of cyclic esters (lactones) is 1. The van der Waals surface area contributed by atoms with Gasteiger partial charge in [-0.15, -0.1) is 0 Å². The summed E-state index contributed by atoms with van der Waals surface area (Å²) in [6.07, 6.45) is 2.41. The van der Waals surface area contributed by atoms with Crippen LogP contribution >= 0.6 is 0 Å². The third-order valence-corrected chi connectivity index (χ3v) is 3.32. The summed E-state index contributed by atoms with van der Waals surface area (Å²) >= 11 is 0. The number of hydrogen-bond donors (Lipinski definition) is 1. The van der Waals surface area contributed by atoms with Crippen molar-refractivity contribution < 1.29 is 9.53 Å². The average molecular weight is 153 g/mol. The molecule has 0 radical (unpaired) electrons. The fraction of sp³-hybridized carbons (Fsp3) is 0.875. The van der Waals surface area contributed by atoms with Gasteiger partial charge in [0.25, 0.3) is 0 Å². The number of carbonyl (C=O) groups is 1. The number of nitrogens with one attached hydrogen (secondary N) is 1. The largest absolute Gasteiger partial charge is 0.465 e. The normalized spacial score (nSPS) is 52.9. The van der Waals surface area contributed by atoms with Gasteiger partial charge in [0.15, 0.2) is 0 Å². The zero-order valence-corrected chi connectivity index (χ0v) is 6.25. The first-order valence-electron chi connectivity index (χ1n) is 4.29. The molecule has 3 saturated heterocycles. The molecule has 0 aromatic heterocycles. The molecule has 4 atom stereocenters. The highest BCUT2D eigenvalue weighted by molar-refractivity contribution is 5.76. The fourth-order valence-corrected chi connectivity index (χ4v) is 2.80. The summed E-state index contributed by atoms with van der Waals surface area (Å²) in [7, 11) is 0. The van der Waals surface area contributed by atoms with E-state index in [1.165, 1.54) is 12.8 Å². The molecule has 3 aliphatic heterocycles. The van der Waals surface area contributed by atoms with Crippen molar-refractivity contribution in [2.75, 3.05) is 6.61 Å². The van der Waals surface area contributed by atoms with E-state index in [9.17, 15) is 4.79 Å². The van der Waals surface area contributed by atoms with E-state index in [-0.39, 0.29) is 11.9 Å². The van der Waals surface area contributed by atoms with E-state index < -0.39 is 0 Å². The van der Waals surface area contributed by atoms with Crippen molar-refractivity contribution in [3.63, 3.8) is 0 Å². The Morgan fingerprint density at radius 2 is 2.18 bits per heavy atom. The van der Waals surface area contributed by atoms with E-state index in [1.54, 1.807) is 0 Å². The summed E-state index contributed by atoms with van der Waals surface area (Å²) < 4.78 is 5.02. The zero-order valence-electron chi connectivity index (χ0n) is 6.25. The molecule has 3 heterocycles. The van der Waals surface area contributed by atoms with Gasteiger partial charge in [0.05, 0.1) is 12.5 Å². The first kappa shape index (κ1) is 6.00. The van der Waals surface area contributed by atoms with Gasteiger partial charge in [0.2, 0.25) is 0 Å². The van der Waals surface area contributed by atoms with E-state index in [0.717, 1.165) is 0 Å². The molecule has 3 fully saturated rings. The van der Waals surface area contributed by atoms with Crippen molar-refractivity contribution in [3.8, 4) is 0 Å². The third-order valence-electron chi connectivity index (χ3n) is 3.32. The highest BCUT2D eigenvalue weighted by atomic mass is 16.5. The van der Waals surface area contributed by atoms with Crippen molar-refractivity contribution in [2.24, 2.45) is 11.8 Å². The Hall–Kier alpha value is -0.570. The van der Waals surface area contributed by atoms with E-state index in [1.807, 2.05) is 0 Å². The highest BCUT2D eigenvalue weighted by Crippen LogP contribution is 2.42. The van der Waals surface area contributed by atoms with Gasteiger partial charge in [-0.25, -0.2) is 0 Å². The van der Waals surface area contributed by atoms with Crippen LogP contribution < -0.4 is 5.32 Å². The maximum absolute atomic E-state index is 11.2. The second-order valence-corrected chi connectivity index (χ2v) is 3.78. The van der Waals surface area contributed by atoms with Crippen LogP contribution in [0.3, 0.4) is 0 Å². The van der Waals surface area contributed by atoms with Crippen LogP contribution in [0.4, 0.5) is 0 Å². The molecular formula is C8H11NO2.